The van der Waals surface area contributed by atoms with E-state index < -0.39 is 10.0 Å². The second-order valence-corrected chi connectivity index (χ2v) is 10.3. The zero-order valence-electron chi connectivity index (χ0n) is 11.6. The van der Waals surface area contributed by atoms with Crippen LogP contribution in [0.2, 0.25) is 0 Å². The van der Waals surface area contributed by atoms with Gasteiger partial charge in [-0.25, -0.2) is 8.42 Å². The fourth-order valence-corrected chi connectivity index (χ4v) is 7.30. The number of rotatable bonds is 3. The molecular formula is C14H18BrNO3S2. The van der Waals surface area contributed by atoms with Gasteiger partial charge in [0.1, 0.15) is 9.99 Å². The van der Waals surface area contributed by atoms with Gasteiger partial charge in [0.2, 0.25) is 0 Å². The lowest BCUT2D eigenvalue weighted by Gasteiger charge is -2.37. The summed E-state index contributed by atoms with van der Waals surface area (Å²) < 4.78 is 28.5. The molecule has 1 aromatic rings. The van der Waals surface area contributed by atoms with Crippen LogP contribution in [-0.2, 0) is 14.8 Å². The average Bonchev–Trinajstić information content (AvgIpc) is 3.08. The molecule has 21 heavy (non-hydrogen) atoms. The van der Waals surface area contributed by atoms with E-state index in [9.17, 15) is 13.2 Å². The molecule has 1 aromatic heterocycles. The minimum absolute atomic E-state index is 0.0940. The van der Waals surface area contributed by atoms with E-state index in [2.05, 4.69) is 15.9 Å². The first-order valence-corrected chi connectivity index (χ1v) is 10.3. The van der Waals surface area contributed by atoms with Crippen molar-refractivity contribution in [1.29, 1.82) is 0 Å². The molecule has 2 atom stereocenters. The smallest absolute Gasteiger partial charge is 0.252 e. The molecule has 0 N–H and O–H groups in total. The van der Waals surface area contributed by atoms with Crippen LogP contribution < -0.4 is 0 Å². The summed E-state index contributed by atoms with van der Waals surface area (Å²) in [6, 6.07) is 3.27. The van der Waals surface area contributed by atoms with Gasteiger partial charge in [-0.2, -0.15) is 4.31 Å². The third-order valence-corrected chi connectivity index (χ3v) is 8.44. The van der Waals surface area contributed by atoms with Gasteiger partial charge in [-0.05, 0) is 53.7 Å². The van der Waals surface area contributed by atoms with Gasteiger partial charge >= 0.3 is 0 Å². The molecule has 2 fully saturated rings. The summed E-state index contributed by atoms with van der Waals surface area (Å²) in [7, 11) is -3.48. The topological polar surface area (TPSA) is 54.5 Å². The molecule has 1 saturated carbocycles. The number of piperidine rings is 1. The molecule has 0 spiro atoms. The van der Waals surface area contributed by atoms with Crippen molar-refractivity contribution < 1.29 is 13.2 Å². The van der Waals surface area contributed by atoms with E-state index in [1.165, 1.54) is 11.3 Å². The van der Waals surface area contributed by atoms with E-state index in [-0.39, 0.29) is 17.7 Å². The second-order valence-electron chi connectivity index (χ2n) is 5.70. The number of thiophene rings is 1. The first-order valence-electron chi connectivity index (χ1n) is 7.30. The molecule has 0 radical (unpaired) electrons. The Morgan fingerprint density at radius 1 is 1.19 bits per heavy atom. The van der Waals surface area contributed by atoms with Gasteiger partial charge in [0, 0.05) is 24.9 Å². The van der Waals surface area contributed by atoms with Crippen LogP contribution in [0.4, 0.5) is 0 Å². The van der Waals surface area contributed by atoms with Crippen LogP contribution in [0.15, 0.2) is 20.1 Å². The third kappa shape index (κ3) is 2.98. The first-order chi connectivity index (χ1) is 10.00. The van der Waals surface area contributed by atoms with Crippen molar-refractivity contribution in [3.63, 3.8) is 0 Å². The lowest BCUT2D eigenvalue weighted by molar-refractivity contribution is -0.122. The zero-order chi connectivity index (χ0) is 15.0. The minimum atomic E-state index is -3.48. The number of carbonyl (C=O) groups is 1. The zero-order valence-corrected chi connectivity index (χ0v) is 14.8. The largest absolute Gasteiger partial charge is 0.299 e. The van der Waals surface area contributed by atoms with Gasteiger partial charge in [-0.1, -0.05) is 6.42 Å². The summed E-state index contributed by atoms with van der Waals surface area (Å²) >= 11 is 4.56. The molecule has 1 aliphatic heterocycles. The van der Waals surface area contributed by atoms with E-state index in [0.717, 1.165) is 35.9 Å². The fourth-order valence-electron chi connectivity index (χ4n) is 3.43. The van der Waals surface area contributed by atoms with E-state index in [1.54, 1.807) is 16.4 Å². The van der Waals surface area contributed by atoms with Crippen molar-refractivity contribution in [2.24, 2.45) is 5.92 Å². The fraction of sp³-hybridized carbons (Fsp3) is 0.643. The number of nitrogens with zero attached hydrogens (tertiary/aromatic N) is 1. The summed E-state index contributed by atoms with van der Waals surface area (Å²) in [6.07, 6.45) is 5.04. The van der Waals surface area contributed by atoms with Gasteiger partial charge in [-0.3, -0.25) is 4.79 Å². The van der Waals surface area contributed by atoms with Crippen molar-refractivity contribution in [2.75, 3.05) is 6.54 Å². The summed E-state index contributed by atoms with van der Waals surface area (Å²) in [5.74, 6) is 0.151. The van der Waals surface area contributed by atoms with E-state index in [0.29, 0.717) is 17.2 Å². The van der Waals surface area contributed by atoms with E-state index in [4.69, 9.17) is 0 Å². The number of hydrogen-bond donors (Lipinski definition) is 0. The molecule has 4 nitrogen and oxygen atoms in total. The van der Waals surface area contributed by atoms with Crippen molar-refractivity contribution in [3.8, 4) is 0 Å². The Hall–Kier alpha value is -0.240. The molecule has 2 unspecified atom stereocenters. The highest BCUT2D eigenvalue weighted by molar-refractivity contribution is 9.11. The van der Waals surface area contributed by atoms with Gasteiger partial charge in [0.05, 0.1) is 3.79 Å². The quantitative estimate of drug-likeness (QED) is 0.792. The van der Waals surface area contributed by atoms with E-state index in [1.807, 2.05) is 0 Å². The lowest BCUT2D eigenvalue weighted by atomic mass is 9.90. The Morgan fingerprint density at radius 2 is 2.00 bits per heavy atom. The highest BCUT2D eigenvalue weighted by Gasteiger charge is 2.42. The van der Waals surface area contributed by atoms with Gasteiger partial charge < -0.3 is 0 Å². The lowest BCUT2D eigenvalue weighted by Crippen LogP contribution is -2.48. The van der Waals surface area contributed by atoms with Crippen molar-refractivity contribution >= 4 is 43.1 Å². The maximum Gasteiger partial charge on any atom is 0.252 e. The molecule has 0 amide bonds. The normalized spacial score (nSPS) is 28.1. The van der Waals surface area contributed by atoms with Crippen LogP contribution in [0.5, 0.6) is 0 Å². The standard InChI is InChI=1S/C14H18BrNO3S2/c15-13-7-8-14(20-13)21(18,19)16-9-2-1-5-11(16)10-4-3-6-12(10)17/h7-8,10-11H,1-6,9H2. The SMILES string of the molecule is O=C1CCCC1C1CCCCN1S(=O)(=O)c1ccc(Br)s1. The number of carbonyl (C=O) groups excluding carboxylic acids is 1. The summed E-state index contributed by atoms with van der Waals surface area (Å²) in [5.41, 5.74) is 0. The van der Waals surface area contributed by atoms with Crippen molar-refractivity contribution in [1.82, 2.24) is 4.31 Å². The van der Waals surface area contributed by atoms with Gasteiger partial charge in [0.15, 0.2) is 0 Å². The predicted octanol–water partition coefficient (Wildman–Crippen LogP) is 3.42. The summed E-state index contributed by atoms with van der Waals surface area (Å²) in [6.45, 7) is 0.534. The monoisotopic (exact) mass is 391 g/mol. The van der Waals surface area contributed by atoms with Crippen LogP contribution in [0.3, 0.4) is 0 Å². The molecule has 2 heterocycles. The van der Waals surface area contributed by atoms with Crippen molar-refractivity contribution in [2.45, 2.75) is 48.8 Å². The molecule has 7 heteroatoms. The summed E-state index contributed by atoms with van der Waals surface area (Å²) in [5, 5.41) is 0. The Bertz CT molecular complexity index is 640. The van der Waals surface area contributed by atoms with Gasteiger partial charge in [-0.15, -0.1) is 11.3 Å². The molecule has 116 valence electrons. The molecule has 0 aromatic carbocycles. The van der Waals surface area contributed by atoms with E-state index >= 15 is 0 Å². The number of ketones is 1. The second kappa shape index (κ2) is 6.10. The first kappa shape index (κ1) is 15.6. The van der Waals surface area contributed by atoms with Crippen LogP contribution in [0, 0.1) is 5.92 Å². The Morgan fingerprint density at radius 3 is 2.62 bits per heavy atom. The minimum Gasteiger partial charge on any atom is -0.299 e. The van der Waals surface area contributed by atoms with Crippen LogP contribution >= 0.6 is 27.3 Å². The molecular weight excluding hydrogens is 374 g/mol. The van der Waals surface area contributed by atoms with Crippen LogP contribution in [0.25, 0.3) is 0 Å². The third-order valence-electron chi connectivity index (χ3n) is 4.43. The van der Waals surface area contributed by atoms with Crippen molar-refractivity contribution in [3.05, 3.63) is 15.9 Å². The highest BCUT2D eigenvalue weighted by atomic mass is 79.9. The molecule has 1 saturated heterocycles. The Labute approximate surface area is 137 Å². The Balaban J connectivity index is 1.92. The average molecular weight is 392 g/mol. The number of hydrogen-bond acceptors (Lipinski definition) is 4. The molecule has 2 aliphatic rings. The van der Waals surface area contributed by atoms with Gasteiger partial charge in [0.25, 0.3) is 10.0 Å². The number of sulfonamides is 1. The molecule has 0 bridgehead atoms. The van der Waals surface area contributed by atoms with Crippen LogP contribution in [-0.4, -0.2) is 31.1 Å². The summed E-state index contributed by atoms with van der Waals surface area (Å²) in [4.78, 5) is 12.1. The maximum absolute atomic E-state index is 12.9. The predicted molar refractivity (Wildman–Crippen MR) is 85.9 cm³/mol. The number of Topliss-reactive ketones (excluding diaryl/α,β-unsaturated/α-hetero) is 1. The van der Waals surface area contributed by atoms with Crippen LogP contribution in [0.1, 0.15) is 38.5 Å². The number of halogens is 1. The molecule has 1 aliphatic carbocycles. The molecule has 3 rings (SSSR count). The maximum atomic E-state index is 12.9. The highest BCUT2D eigenvalue weighted by Crippen LogP contribution is 2.37. The Kier molecular flexibility index (Phi) is 4.55.